The highest BCUT2D eigenvalue weighted by Crippen LogP contribution is 2.30. The van der Waals surface area contributed by atoms with Gasteiger partial charge in [0.2, 0.25) is 10.0 Å². The molecule has 7 heteroatoms. The normalized spacial score (nSPS) is 21.6. The van der Waals surface area contributed by atoms with Crippen molar-refractivity contribution < 1.29 is 18.3 Å². The zero-order valence-corrected chi connectivity index (χ0v) is 12.1. The van der Waals surface area contributed by atoms with Crippen LogP contribution in [0.5, 0.6) is 0 Å². The van der Waals surface area contributed by atoms with Crippen LogP contribution in [0.4, 0.5) is 0 Å². The van der Waals surface area contributed by atoms with Crippen LogP contribution in [0, 0.1) is 6.92 Å². The molecule has 102 valence electrons. The van der Waals surface area contributed by atoms with E-state index in [9.17, 15) is 8.42 Å². The van der Waals surface area contributed by atoms with Crippen LogP contribution in [0.1, 0.15) is 16.2 Å². The third kappa shape index (κ3) is 2.46. The van der Waals surface area contributed by atoms with E-state index in [1.54, 1.807) is 20.1 Å². The Morgan fingerprint density at radius 3 is 2.83 bits per heavy atom. The predicted molar refractivity (Wildman–Crippen MR) is 69.2 cm³/mol. The minimum absolute atomic E-state index is 0.0176. The summed E-state index contributed by atoms with van der Waals surface area (Å²) in [4.78, 5) is 1.71. The summed E-state index contributed by atoms with van der Waals surface area (Å²) in [6, 6.07) is 1.56. The zero-order chi connectivity index (χ0) is 13.3. The van der Waals surface area contributed by atoms with Crippen molar-refractivity contribution in [3.63, 3.8) is 0 Å². The number of nitrogens with zero attached hydrogens (tertiary/aromatic N) is 1. The number of rotatable bonds is 4. The summed E-state index contributed by atoms with van der Waals surface area (Å²) in [7, 11) is -1.85. The predicted octanol–water partition coefficient (Wildman–Crippen LogP) is 0.958. The summed E-state index contributed by atoms with van der Waals surface area (Å²) in [5, 5.41) is 9.07. The standard InChI is InChI=1S/C11H17NO4S2/c1-8-11(5-10(7-13)17-8)18(14,15)12-4-3-9(6-12)16-2/h5,9,13H,3-4,6-7H2,1-2H3. The number of methoxy groups -OCH3 is 1. The molecule has 0 amide bonds. The highest BCUT2D eigenvalue weighted by atomic mass is 32.2. The van der Waals surface area contributed by atoms with Crippen LogP contribution in [-0.4, -0.2) is 44.1 Å². The molecule has 1 unspecified atom stereocenters. The van der Waals surface area contributed by atoms with E-state index in [1.807, 2.05) is 0 Å². The van der Waals surface area contributed by atoms with E-state index in [-0.39, 0.29) is 12.7 Å². The van der Waals surface area contributed by atoms with Gasteiger partial charge in [-0.3, -0.25) is 0 Å². The molecule has 0 bridgehead atoms. The molecule has 1 atom stereocenters. The van der Waals surface area contributed by atoms with Crippen molar-refractivity contribution in [1.82, 2.24) is 4.31 Å². The van der Waals surface area contributed by atoms with Gasteiger partial charge in [0, 0.05) is 30.0 Å². The van der Waals surface area contributed by atoms with Crippen LogP contribution in [0.25, 0.3) is 0 Å². The lowest BCUT2D eigenvalue weighted by molar-refractivity contribution is 0.115. The molecule has 0 saturated carbocycles. The van der Waals surface area contributed by atoms with E-state index in [2.05, 4.69) is 0 Å². The summed E-state index contributed by atoms with van der Waals surface area (Å²) >= 11 is 1.32. The number of aryl methyl sites for hydroxylation is 1. The Morgan fingerprint density at radius 2 is 2.33 bits per heavy atom. The van der Waals surface area contributed by atoms with Crippen molar-refractivity contribution >= 4 is 21.4 Å². The molecule has 0 aromatic carbocycles. The number of hydrogen-bond donors (Lipinski definition) is 1. The van der Waals surface area contributed by atoms with E-state index >= 15 is 0 Å². The van der Waals surface area contributed by atoms with E-state index in [4.69, 9.17) is 9.84 Å². The highest BCUT2D eigenvalue weighted by molar-refractivity contribution is 7.89. The second-order valence-electron chi connectivity index (χ2n) is 4.30. The number of aliphatic hydroxyl groups is 1. The van der Waals surface area contributed by atoms with Gasteiger partial charge in [0.05, 0.1) is 17.6 Å². The van der Waals surface area contributed by atoms with E-state index in [1.165, 1.54) is 15.6 Å². The van der Waals surface area contributed by atoms with Crippen LogP contribution in [0.15, 0.2) is 11.0 Å². The van der Waals surface area contributed by atoms with Gasteiger partial charge in [-0.25, -0.2) is 8.42 Å². The average Bonchev–Trinajstić information content (AvgIpc) is 2.95. The quantitative estimate of drug-likeness (QED) is 0.897. The fourth-order valence-electron chi connectivity index (χ4n) is 2.11. The van der Waals surface area contributed by atoms with Gasteiger partial charge in [-0.1, -0.05) is 0 Å². The number of thiophene rings is 1. The fourth-order valence-corrected chi connectivity index (χ4v) is 5.06. The third-order valence-corrected chi connectivity index (χ3v) is 6.29. The van der Waals surface area contributed by atoms with E-state index in [0.717, 1.165) is 11.3 Å². The van der Waals surface area contributed by atoms with Crippen molar-refractivity contribution in [2.75, 3.05) is 20.2 Å². The summed E-state index contributed by atoms with van der Waals surface area (Å²) in [6.07, 6.45) is 0.710. The molecule has 1 fully saturated rings. The zero-order valence-electron chi connectivity index (χ0n) is 10.4. The number of sulfonamides is 1. The summed E-state index contributed by atoms with van der Waals surface area (Å²) in [5.41, 5.74) is 0. The number of hydrogen-bond acceptors (Lipinski definition) is 5. The molecule has 2 rings (SSSR count). The van der Waals surface area contributed by atoms with Crippen molar-refractivity contribution in [1.29, 1.82) is 0 Å². The van der Waals surface area contributed by atoms with Gasteiger partial charge in [0.15, 0.2) is 0 Å². The van der Waals surface area contributed by atoms with Crippen LogP contribution in [0.2, 0.25) is 0 Å². The summed E-state index contributed by atoms with van der Waals surface area (Å²) in [6.45, 7) is 2.54. The first-order chi connectivity index (χ1) is 8.48. The molecule has 1 aromatic rings. The van der Waals surface area contributed by atoms with Crippen molar-refractivity contribution in [2.45, 2.75) is 31.0 Å². The lowest BCUT2D eigenvalue weighted by Gasteiger charge is -2.15. The van der Waals surface area contributed by atoms with Crippen molar-refractivity contribution in [3.8, 4) is 0 Å². The maximum absolute atomic E-state index is 12.4. The average molecular weight is 291 g/mol. The minimum atomic E-state index is -3.45. The second kappa shape index (κ2) is 5.26. The summed E-state index contributed by atoms with van der Waals surface area (Å²) < 4.78 is 31.5. The molecule has 18 heavy (non-hydrogen) atoms. The number of ether oxygens (including phenoxy) is 1. The molecule has 0 spiro atoms. The van der Waals surface area contributed by atoms with Gasteiger partial charge in [-0.2, -0.15) is 4.31 Å². The van der Waals surface area contributed by atoms with Gasteiger partial charge in [-0.15, -0.1) is 11.3 Å². The Morgan fingerprint density at radius 1 is 1.61 bits per heavy atom. The van der Waals surface area contributed by atoms with E-state index < -0.39 is 10.0 Å². The Balaban J connectivity index is 2.28. The van der Waals surface area contributed by atoms with Crippen LogP contribution < -0.4 is 0 Å². The molecular formula is C11H17NO4S2. The first-order valence-corrected chi connectivity index (χ1v) is 7.97. The van der Waals surface area contributed by atoms with Gasteiger partial charge in [0.25, 0.3) is 0 Å². The Kier molecular flexibility index (Phi) is 4.08. The van der Waals surface area contributed by atoms with Crippen molar-refractivity contribution in [3.05, 3.63) is 15.8 Å². The first-order valence-electron chi connectivity index (χ1n) is 5.72. The molecule has 2 heterocycles. The first kappa shape index (κ1) is 14.0. The molecule has 5 nitrogen and oxygen atoms in total. The molecular weight excluding hydrogens is 274 g/mol. The van der Waals surface area contributed by atoms with Crippen molar-refractivity contribution in [2.24, 2.45) is 0 Å². The fraction of sp³-hybridized carbons (Fsp3) is 0.636. The van der Waals surface area contributed by atoms with Gasteiger partial charge in [0.1, 0.15) is 0 Å². The molecule has 1 saturated heterocycles. The van der Waals surface area contributed by atoms with Gasteiger partial charge < -0.3 is 9.84 Å². The Bertz CT molecular complexity index is 523. The second-order valence-corrected chi connectivity index (χ2v) is 7.55. The maximum Gasteiger partial charge on any atom is 0.244 e. The minimum Gasteiger partial charge on any atom is -0.391 e. The molecule has 1 aromatic heterocycles. The summed E-state index contributed by atoms with van der Waals surface area (Å²) in [5.74, 6) is 0. The number of aliphatic hydroxyl groups excluding tert-OH is 1. The van der Waals surface area contributed by atoms with Gasteiger partial charge >= 0.3 is 0 Å². The van der Waals surface area contributed by atoms with E-state index in [0.29, 0.717) is 22.9 Å². The SMILES string of the molecule is COC1CCN(S(=O)(=O)c2cc(CO)sc2C)C1. The molecule has 0 aliphatic carbocycles. The maximum atomic E-state index is 12.4. The monoisotopic (exact) mass is 291 g/mol. The highest BCUT2D eigenvalue weighted by Gasteiger charge is 2.34. The lowest BCUT2D eigenvalue weighted by Crippen LogP contribution is -2.30. The lowest BCUT2D eigenvalue weighted by atomic mass is 10.3. The van der Waals surface area contributed by atoms with Crippen LogP contribution >= 0.6 is 11.3 Å². The topological polar surface area (TPSA) is 66.8 Å². The Hall–Kier alpha value is -0.470. The smallest absolute Gasteiger partial charge is 0.244 e. The van der Waals surface area contributed by atoms with Gasteiger partial charge in [-0.05, 0) is 19.4 Å². The third-order valence-electron chi connectivity index (χ3n) is 3.14. The molecule has 1 N–H and O–H groups in total. The largest absolute Gasteiger partial charge is 0.391 e. The Labute approximate surface area is 111 Å². The van der Waals surface area contributed by atoms with Crippen LogP contribution in [0.3, 0.4) is 0 Å². The molecule has 1 aliphatic rings. The molecule has 1 aliphatic heterocycles. The molecule has 0 radical (unpaired) electrons. The van der Waals surface area contributed by atoms with Crippen LogP contribution in [-0.2, 0) is 21.4 Å².